The molecule has 19 heavy (non-hydrogen) atoms. The van der Waals surface area contributed by atoms with Gasteiger partial charge in [-0.3, -0.25) is 4.79 Å². The lowest BCUT2D eigenvalue weighted by Crippen LogP contribution is -2.43. The maximum Gasteiger partial charge on any atom is 0.237 e. The van der Waals surface area contributed by atoms with E-state index in [0.717, 1.165) is 36.9 Å². The monoisotopic (exact) mass is 276 g/mol. The highest BCUT2D eigenvalue weighted by Gasteiger charge is 2.43. The second-order valence-electron chi connectivity index (χ2n) is 5.41. The van der Waals surface area contributed by atoms with E-state index in [1.807, 2.05) is 25.1 Å². The molecule has 0 spiro atoms. The quantitative estimate of drug-likeness (QED) is 0.834. The Balaban J connectivity index is 2.20. The highest BCUT2D eigenvalue weighted by molar-refractivity contribution is 7.80. The van der Waals surface area contributed by atoms with Crippen LogP contribution in [0.15, 0.2) is 18.2 Å². The smallest absolute Gasteiger partial charge is 0.237 e. The Bertz CT molecular complexity index is 519. The predicted molar refractivity (Wildman–Crippen MR) is 82.2 cm³/mol. The molecule has 0 unspecified atom stereocenters. The highest BCUT2D eigenvalue weighted by atomic mass is 32.1. The summed E-state index contributed by atoms with van der Waals surface area (Å²) in [6.07, 6.45) is 3.55. The Kier molecular flexibility index (Phi) is 3.90. The molecule has 1 amide bonds. The van der Waals surface area contributed by atoms with E-state index in [-0.39, 0.29) is 5.91 Å². The summed E-state index contributed by atoms with van der Waals surface area (Å²) in [7, 11) is 0. The van der Waals surface area contributed by atoms with Crippen molar-refractivity contribution in [3.8, 4) is 0 Å². The first-order valence-corrected chi connectivity index (χ1v) is 7.05. The Labute approximate surface area is 119 Å². The summed E-state index contributed by atoms with van der Waals surface area (Å²) in [6, 6.07) is 5.91. The van der Waals surface area contributed by atoms with Gasteiger partial charge in [-0.1, -0.05) is 31.1 Å². The van der Waals surface area contributed by atoms with Gasteiger partial charge in [0.15, 0.2) is 0 Å². The molecule has 3 nitrogen and oxygen atoms in total. The van der Waals surface area contributed by atoms with Crippen LogP contribution in [0.1, 0.15) is 36.8 Å². The van der Waals surface area contributed by atoms with Gasteiger partial charge in [-0.15, -0.1) is 0 Å². The third kappa shape index (κ3) is 2.63. The number of carbonyl (C=O) groups excluding carboxylic acids is 1. The van der Waals surface area contributed by atoms with Gasteiger partial charge in [0, 0.05) is 5.69 Å². The fourth-order valence-electron chi connectivity index (χ4n) is 2.63. The summed E-state index contributed by atoms with van der Waals surface area (Å²) < 4.78 is 0. The standard InChI is InChI=1S/C15H20N2OS/c1-10-5-6-12(9-11(10)2)17-14(18)15(13(16)19)7-3-4-8-15/h5-6,9H,3-4,7-8H2,1-2H3,(H2,16,19)(H,17,18). The molecule has 1 aliphatic rings. The largest absolute Gasteiger partial charge is 0.392 e. The normalized spacial score (nSPS) is 17.2. The van der Waals surface area contributed by atoms with Crippen LogP contribution in [0.4, 0.5) is 5.69 Å². The Hall–Kier alpha value is -1.42. The van der Waals surface area contributed by atoms with Crippen LogP contribution >= 0.6 is 12.2 Å². The maximum absolute atomic E-state index is 12.5. The molecule has 0 heterocycles. The van der Waals surface area contributed by atoms with E-state index >= 15 is 0 Å². The van der Waals surface area contributed by atoms with Crippen LogP contribution in [0.5, 0.6) is 0 Å². The van der Waals surface area contributed by atoms with Crippen molar-refractivity contribution < 1.29 is 4.79 Å². The second kappa shape index (κ2) is 5.29. The first-order valence-electron chi connectivity index (χ1n) is 6.64. The third-order valence-electron chi connectivity index (χ3n) is 4.13. The van der Waals surface area contributed by atoms with Crippen molar-refractivity contribution >= 4 is 28.8 Å². The Morgan fingerprint density at radius 2 is 1.89 bits per heavy atom. The molecule has 2 rings (SSSR count). The first-order chi connectivity index (χ1) is 8.95. The van der Waals surface area contributed by atoms with Gasteiger partial charge in [-0.2, -0.15) is 0 Å². The Morgan fingerprint density at radius 3 is 2.42 bits per heavy atom. The number of carbonyl (C=O) groups is 1. The van der Waals surface area contributed by atoms with Gasteiger partial charge in [0.25, 0.3) is 0 Å². The van der Waals surface area contributed by atoms with Crippen LogP contribution < -0.4 is 11.1 Å². The molecular weight excluding hydrogens is 256 g/mol. The molecule has 0 radical (unpaired) electrons. The number of hydrogen-bond acceptors (Lipinski definition) is 2. The van der Waals surface area contributed by atoms with Gasteiger partial charge < -0.3 is 11.1 Å². The van der Waals surface area contributed by atoms with Crippen molar-refractivity contribution in [3.05, 3.63) is 29.3 Å². The van der Waals surface area contributed by atoms with Crippen molar-refractivity contribution in [3.63, 3.8) is 0 Å². The summed E-state index contributed by atoms with van der Waals surface area (Å²) in [5.41, 5.74) is 8.35. The van der Waals surface area contributed by atoms with Gasteiger partial charge in [0.1, 0.15) is 0 Å². The van der Waals surface area contributed by atoms with Crippen molar-refractivity contribution in [2.75, 3.05) is 5.32 Å². The average Bonchev–Trinajstić information content (AvgIpc) is 2.84. The maximum atomic E-state index is 12.5. The highest BCUT2D eigenvalue weighted by Crippen LogP contribution is 2.39. The van der Waals surface area contributed by atoms with Crippen LogP contribution in [0, 0.1) is 19.3 Å². The number of nitrogens with two attached hydrogens (primary N) is 1. The van der Waals surface area contributed by atoms with Crippen molar-refractivity contribution in [2.45, 2.75) is 39.5 Å². The molecule has 1 aromatic carbocycles. The van der Waals surface area contributed by atoms with Crippen molar-refractivity contribution in [1.82, 2.24) is 0 Å². The number of rotatable bonds is 3. The zero-order chi connectivity index (χ0) is 14.0. The Morgan fingerprint density at radius 1 is 1.26 bits per heavy atom. The van der Waals surface area contributed by atoms with Crippen LogP contribution in [-0.4, -0.2) is 10.9 Å². The van der Waals surface area contributed by atoms with Gasteiger partial charge in [-0.25, -0.2) is 0 Å². The van der Waals surface area contributed by atoms with E-state index in [9.17, 15) is 4.79 Å². The molecule has 1 saturated carbocycles. The molecule has 0 bridgehead atoms. The topological polar surface area (TPSA) is 55.1 Å². The van der Waals surface area contributed by atoms with Crippen LogP contribution in [0.2, 0.25) is 0 Å². The number of amides is 1. The molecule has 102 valence electrons. The van der Waals surface area contributed by atoms with E-state index in [1.54, 1.807) is 0 Å². The van der Waals surface area contributed by atoms with Gasteiger partial charge in [0.05, 0.1) is 10.4 Å². The van der Waals surface area contributed by atoms with E-state index < -0.39 is 5.41 Å². The van der Waals surface area contributed by atoms with E-state index in [2.05, 4.69) is 12.2 Å². The molecule has 0 atom stereocenters. The fraction of sp³-hybridized carbons (Fsp3) is 0.467. The fourth-order valence-corrected chi connectivity index (χ4v) is 2.93. The second-order valence-corrected chi connectivity index (χ2v) is 5.85. The summed E-state index contributed by atoms with van der Waals surface area (Å²) >= 11 is 5.12. The minimum absolute atomic E-state index is 0.0549. The molecule has 0 saturated heterocycles. The van der Waals surface area contributed by atoms with Gasteiger partial charge >= 0.3 is 0 Å². The lowest BCUT2D eigenvalue weighted by atomic mass is 9.85. The molecule has 0 aliphatic heterocycles. The third-order valence-corrected chi connectivity index (χ3v) is 4.52. The minimum atomic E-state index is -0.645. The van der Waals surface area contributed by atoms with Crippen LogP contribution in [0.25, 0.3) is 0 Å². The lowest BCUT2D eigenvalue weighted by Gasteiger charge is -2.26. The number of thiocarbonyl (C=S) groups is 1. The molecular formula is C15H20N2OS. The molecule has 0 aromatic heterocycles. The summed E-state index contributed by atoms with van der Waals surface area (Å²) in [6.45, 7) is 4.08. The average molecular weight is 276 g/mol. The number of hydrogen-bond donors (Lipinski definition) is 2. The number of anilines is 1. The summed E-state index contributed by atoms with van der Waals surface area (Å²) in [5.74, 6) is -0.0549. The molecule has 1 aromatic rings. The van der Waals surface area contributed by atoms with E-state index in [4.69, 9.17) is 18.0 Å². The van der Waals surface area contributed by atoms with Crippen molar-refractivity contribution in [1.29, 1.82) is 0 Å². The number of benzene rings is 1. The predicted octanol–water partition coefficient (Wildman–Crippen LogP) is 3.09. The SMILES string of the molecule is Cc1ccc(NC(=O)C2(C(N)=S)CCCC2)cc1C. The van der Waals surface area contributed by atoms with Crippen molar-refractivity contribution in [2.24, 2.45) is 11.1 Å². The van der Waals surface area contributed by atoms with E-state index in [1.165, 1.54) is 5.56 Å². The molecule has 1 aliphatic carbocycles. The minimum Gasteiger partial charge on any atom is -0.392 e. The van der Waals surface area contributed by atoms with Gasteiger partial charge in [0.2, 0.25) is 5.91 Å². The van der Waals surface area contributed by atoms with E-state index in [0.29, 0.717) is 4.99 Å². The molecule has 4 heteroatoms. The zero-order valence-electron chi connectivity index (χ0n) is 11.5. The lowest BCUT2D eigenvalue weighted by molar-refractivity contribution is -0.122. The van der Waals surface area contributed by atoms with Crippen LogP contribution in [0.3, 0.4) is 0 Å². The summed E-state index contributed by atoms with van der Waals surface area (Å²) in [5, 5.41) is 2.97. The van der Waals surface area contributed by atoms with Gasteiger partial charge in [-0.05, 0) is 49.9 Å². The number of nitrogens with one attached hydrogen (secondary N) is 1. The zero-order valence-corrected chi connectivity index (χ0v) is 12.3. The molecule has 3 N–H and O–H groups in total. The summed E-state index contributed by atoms with van der Waals surface area (Å²) in [4.78, 5) is 12.8. The number of aryl methyl sites for hydroxylation is 2. The first kappa shape index (κ1) is 14.0. The van der Waals surface area contributed by atoms with Crippen LogP contribution in [-0.2, 0) is 4.79 Å². The molecule has 1 fully saturated rings.